The van der Waals surface area contributed by atoms with Crippen LogP contribution in [0.4, 0.5) is 11.4 Å². The second kappa shape index (κ2) is 5.45. The Morgan fingerprint density at radius 2 is 2.32 bits per heavy atom. The van der Waals surface area contributed by atoms with Gasteiger partial charge in [0.2, 0.25) is 0 Å². The van der Waals surface area contributed by atoms with Gasteiger partial charge in [-0.2, -0.15) is 0 Å². The van der Waals surface area contributed by atoms with Crippen LogP contribution in [0.5, 0.6) is 0 Å². The zero-order valence-corrected chi connectivity index (χ0v) is 10.9. The molecule has 0 radical (unpaired) electrons. The minimum atomic E-state index is 0.581. The van der Waals surface area contributed by atoms with Crippen molar-refractivity contribution >= 4 is 22.3 Å². The summed E-state index contributed by atoms with van der Waals surface area (Å²) in [6, 6.07) is 7.93. The fourth-order valence-electron chi connectivity index (χ4n) is 2.55. The van der Waals surface area contributed by atoms with E-state index in [4.69, 9.17) is 10.5 Å². The standard InChI is InChI=1S/C15H19N3O/c16-15-12-4-1-7-17-13(12)5-6-14(15)18-9-11-3-2-8-19-10-11/h1,4-7,11,18H,2-3,8-10,16H2. The molecule has 3 rings (SSSR count). The van der Waals surface area contributed by atoms with Crippen LogP contribution in [0.25, 0.3) is 10.9 Å². The van der Waals surface area contributed by atoms with Crippen LogP contribution in [0.2, 0.25) is 0 Å². The molecule has 1 unspecified atom stereocenters. The molecule has 0 spiro atoms. The van der Waals surface area contributed by atoms with Crippen LogP contribution in [0.1, 0.15) is 12.8 Å². The first-order chi connectivity index (χ1) is 9.34. The third-order valence-electron chi connectivity index (χ3n) is 3.66. The number of rotatable bonds is 3. The lowest BCUT2D eigenvalue weighted by Gasteiger charge is -2.23. The summed E-state index contributed by atoms with van der Waals surface area (Å²) in [6.45, 7) is 2.66. The number of nitrogens with zero attached hydrogens (tertiary/aromatic N) is 1. The van der Waals surface area contributed by atoms with Crippen molar-refractivity contribution in [2.75, 3.05) is 30.8 Å². The second-order valence-electron chi connectivity index (χ2n) is 5.06. The van der Waals surface area contributed by atoms with Crippen LogP contribution in [-0.4, -0.2) is 24.7 Å². The molecular formula is C15H19N3O. The highest BCUT2D eigenvalue weighted by molar-refractivity contribution is 5.96. The Hall–Kier alpha value is -1.81. The largest absolute Gasteiger partial charge is 0.397 e. The van der Waals surface area contributed by atoms with E-state index >= 15 is 0 Å². The molecule has 1 saturated heterocycles. The highest BCUT2D eigenvalue weighted by atomic mass is 16.5. The molecule has 1 fully saturated rings. The number of anilines is 2. The van der Waals surface area contributed by atoms with Crippen molar-refractivity contribution in [2.24, 2.45) is 5.92 Å². The molecular weight excluding hydrogens is 238 g/mol. The number of fused-ring (bicyclic) bond motifs is 1. The number of pyridine rings is 1. The fraction of sp³-hybridized carbons (Fsp3) is 0.400. The topological polar surface area (TPSA) is 60.2 Å². The Morgan fingerprint density at radius 1 is 1.37 bits per heavy atom. The van der Waals surface area contributed by atoms with Gasteiger partial charge < -0.3 is 15.8 Å². The Balaban J connectivity index is 1.75. The Labute approximate surface area is 113 Å². The predicted molar refractivity (Wildman–Crippen MR) is 78.2 cm³/mol. The zero-order chi connectivity index (χ0) is 13.1. The van der Waals surface area contributed by atoms with Crippen molar-refractivity contribution in [3.63, 3.8) is 0 Å². The summed E-state index contributed by atoms with van der Waals surface area (Å²) in [6.07, 6.45) is 4.17. The van der Waals surface area contributed by atoms with Gasteiger partial charge in [-0.25, -0.2) is 0 Å². The van der Waals surface area contributed by atoms with Gasteiger partial charge in [-0.1, -0.05) is 0 Å². The third-order valence-corrected chi connectivity index (χ3v) is 3.66. The molecule has 2 heterocycles. The molecule has 0 saturated carbocycles. The summed E-state index contributed by atoms with van der Waals surface area (Å²) in [5.41, 5.74) is 8.91. The van der Waals surface area contributed by atoms with E-state index in [-0.39, 0.29) is 0 Å². The van der Waals surface area contributed by atoms with Crippen molar-refractivity contribution in [3.05, 3.63) is 30.5 Å². The Morgan fingerprint density at radius 3 is 3.16 bits per heavy atom. The van der Waals surface area contributed by atoms with Crippen molar-refractivity contribution in [3.8, 4) is 0 Å². The molecule has 1 aliphatic heterocycles. The van der Waals surface area contributed by atoms with Gasteiger partial charge in [0.25, 0.3) is 0 Å². The summed E-state index contributed by atoms with van der Waals surface area (Å²) in [5.74, 6) is 0.581. The van der Waals surface area contributed by atoms with Crippen molar-refractivity contribution in [1.29, 1.82) is 0 Å². The van der Waals surface area contributed by atoms with Gasteiger partial charge in [0, 0.05) is 24.7 Å². The van der Waals surface area contributed by atoms with Crippen LogP contribution in [0, 0.1) is 5.92 Å². The maximum Gasteiger partial charge on any atom is 0.0724 e. The van der Waals surface area contributed by atoms with E-state index < -0.39 is 0 Å². The molecule has 1 aromatic heterocycles. The van der Waals surface area contributed by atoms with E-state index in [1.165, 1.54) is 6.42 Å². The van der Waals surface area contributed by atoms with Gasteiger partial charge in [-0.05, 0) is 43.0 Å². The monoisotopic (exact) mass is 257 g/mol. The summed E-state index contributed by atoms with van der Waals surface area (Å²) < 4.78 is 5.49. The molecule has 4 nitrogen and oxygen atoms in total. The number of hydrogen-bond acceptors (Lipinski definition) is 4. The van der Waals surface area contributed by atoms with Crippen LogP contribution < -0.4 is 11.1 Å². The van der Waals surface area contributed by atoms with Crippen LogP contribution in [0.15, 0.2) is 30.5 Å². The van der Waals surface area contributed by atoms with E-state index in [0.717, 1.165) is 48.5 Å². The predicted octanol–water partition coefficient (Wildman–Crippen LogP) is 2.66. The molecule has 0 amide bonds. The number of ether oxygens (including phenoxy) is 1. The van der Waals surface area contributed by atoms with Crippen molar-refractivity contribution < 1.29 is 4.74 Å². The number of nitrogens with two attached hydrogens (primary N) is 1. The van der Waals surface area contributed by atoms with Gasteiger partial charge in [-0.15, -0.1) is 0 Å². The smallest absolute Gasteiger partial charge is 0.0724 e. The molecule has 1 aliphatic rings. The average Bonchev–Trinajstić information content (AvgIpc) is 2.48. The molecule has 3 N–H and O–H groups in total. The fourth-order valence-corrected chi connectivity index (χ4v) is 2.55. The minimum absolute atomic E-state index is 0.581. The van der Waals surface area contributed by atoms with E-state index in [2.05, 4.69) is 10.3 Å². The number of nitrogens with one attached hydrogen (secondary N) is 1. The summed E-state index contributed by atoms with van der Waals surface area (Å²) in [7, 11) is 0. The van der Waals surface area contributed by atoms with Gasteiger partial charge in [0.1, 0.15) is 0 Å². The molecule has 4 heteroatoms. The second-order valence-corrected chi connectivity index (χ2v) is 5.06. The summed E-state index contributed by atoms with van der Waals surface area (Å²) in [4.78, 5) is 4.31. The molecule has 100 valence electrons. The van der Waals surface area contributed by atoms with E-state index in [1.54, 1.807) is 6.20 Å². The van der Waals surface area contributed by atoms with E-state index in [1.807, 2.05) is 24.3 Å². The first-order valence-electron chi connectivity index (χ1n) is 6.79. The number of benzene rings is 1. The van der Waals surface area contributed by atoms with Gasteiger partial charge in [-0.3, -0.25) is 4.98 Å². The third kappa shape index (κ3) is 2.63. The van der Waals surface area contributed by atoms with Crippen molar-refractivity contribution in [1.82, 2.24) is 4.98 Å². The Kier molecular flexibility index (Phi) is 3.51. The first-order valence-corrected chi connectivity index (χ1v) is 6.79. The lowest BCUT2D eigenvalue weighted by atomic mass is 10.0. The maximum atomic E-state index is 6.20. The molecule has 19 heavy (non-hydrogen) atoms. The molecule has 1 aromatic carbocycles. The lowest BCUT2D eigenvalue weighted by Crippen LogP contribution is -2.24. The highest BCUT2D eigenvalue weighted by Crippen LogP contribution is 2.27. The molecule has 1 atom stereocenters. The highest BCUT2D eigenvalue weighted by Gasteiger charge is 2.14. The minimum Gasteiger partial charge on any atom is -0.397 e. The SMILES string of the molecule is Nc1c(NCC2CCCOC2)ccc2ncccc12. The summed E-state index contributed by atoms with van der Waals surface area (Å²) >= 11 is 0. The summed E-state index contributed by atoms with van der Waals surface area (Å²) in [5, 5.41) is 4.45. The van der Waals surface area contributed by atoms with E-state index in [0.29, 0.717) is 5.92 Å². The molecule has 0 bridgehead atoms. The number of hydrogen-bond donors (Lipinski definition) is 2. The van der Waals surface area contributed by atoms with E-state index in [9.17, 15) is 0 Å². The maximum absolute atomic E-state index is 6.20. The number of nitrogen functional groups attached to an aromatic ring is 1. The average molecular weight is 257 g/mol. The van der Waals surface area contributed by atoms with Gasteiger partial charge >= 0.3 is 0 Å². The van der Waals surface area contributed by atoms with Crippen LogP contribution >= 0.6 is 0 Å². The van der Waals surface area contributed by atoms with Crippen LogP contribution in [-0.2, 0) is 4.74 Å². The van der Waals surface area contributed by atoms with Gasteiger partial charge in [0.15, 0.2) is 0 Å². The molecule has 2 aromatic rings. The zero-order valence-electron chi connectivity index (χ0n) is 10.9. The van der Waals surface area contributed by atoms with Crippen molar-refractivity contribution in [2.45, 2.75) is 12.8 Å². The molecule has 0 aliphatic carbocycles. The van der Waals surface area contributed by atoms with Gasteiger partial charge in [0.05, 0.1) is 23.5 Å². The number of aromatic nitrogens is 1. The lowest BCUT2D eigenvalue weighted by molar-refractivity contribution is 0.0595. The quantitative estimate of drug-likeness (QED) is 0.830. The normalized spacial score (nSPS) is 19.5. The van der Waals surface area contributed by atoms with Crippen LogP contribution in [0.3, 0.4) is 0 Å². The Bertz CT molecular complexity index is 564. The first kappa shape index (κ1) is 12.2.